The normalized spacial score (nSPS) is 18.3. The molecule has 2 rings (SSSR count). The third-order valence-corrected chi connectivity index (χ3v) is 5.37. The Labute approximate surface area is 124 Å². The highest BCUT2D eigenvalue weighted by molar-refractivity contribution is 7.92. The topological polar surface area (TPSA) is 83.9 Å². The van der Waals surface area contributed by atoms with Crippen molar-refractivity contribution in [3.05, 3.63) is 29.8 Å². The van der Waals surface area contributed by atoms with Crippen LogP contribution in [0.15, 0.2) is 24.3 Å². The molecule has 0 fully saturated rings. The zero-order valence-corrected chi connectivity index (χ0v) is 12.7. The minimum absolute atomic E-state index is 0.0122. The van der Waals surface area contributed by atoms with Crippen LogP contribution in [0.1, 0.15) is 12.0 Å². The van der Waals surface area contributed by atoms with Gasteiger partial charge >= 0.3 is 5.97 Å². The van der Waals surface area contributed by atoms with Crippen LogP contribution >= 0.6 is 0 Å². The van der Waals surface area contributed by atoms with Crippen LogP contribution in [-0.2, 0) is 26.0 Å². The number of para-hydroxylation sites is 1. The molecule has 6 nitrogen and oxygen atoms in total. The molecule has 1 unspecified atom stereocenters. The zero-order chi connectivity index (χ0) is 15.5. The molecule has 0 amide bonds. The molecule has 1 atom stereocenters. The number of ether oxygens (including phenoxy) is 1. The van der Waals surface area contributed by atoms with E-state index in [0.29, 0.717) is 25.1 Å². The van der Waals surface area contributed by atoms with Crippen molar-refractivity contribution >= 4 is 21.7 Å². The van der Waals surface area contributed by atoms with Crippen LogP contribution in [0.5, 0.6) is 0 Å². The Morgan fingerprint density at radius 3 is 2.81 bits per heavy atom. The number of carboxylic acids is 1. The number of carboxylic acid groups (broad SMARTS) is 1. The molecule has 1 aliphatic heterocycles. The van der Waals surface area contributed by atoms with Crippen molar-refractivity contribution in [2.75, 3.05) is 30.3 Å². The van der Waals surface area contributed by atoms with Crippen LogP contribution in [0.25, 0.3) is 0 Å². The van der Waals surface area contributed by atoms with Gasteiger partial charge in [-0.2, -0.15) is 0 Å². The maximum absolute atomic E-state index is 12.5. The van der Waals surface area contributed by atoms with E-state index in [4.69, 9.17) is 4.74 Å². The zero-order valence-electron chi connectivity index (χ0n) is 11.9. The average molecular weight is 313 g/mol. The number of nitrogens with zero attached hydrogens (tertiary/aromatic N) is 1. The molecular formula is C14H19NO5S. The summed E-state index contributed by atoms with van der Waals surface area (Å²) in [5.74, 6) is -1.74. The molecule has 7 heteroatoms. The third kappa shape index (κ3) is 3.54. The molecule has 1 aliphatic rings. The van der Waals surface area contributed by atoms with E-state index >= 15 is 0 Å². The molecule has 0 saturated carbocycles. The smallest absolute Gasteiger partial charge is 0.308 e. The van der Waals surface area contributed by atoms with Gasteiger partial charge in [-0.1, -0.05) is 18.2 Å². The third-order valence-electron chi connectivity index (χ3n) is 3.55. The fraction of sp³-hybridized carbons (Fsp3) is 0.500. The first-order valence-corrected chi connectivity index (χ1v) is 8.36. The van der Waals surface area contributed by atoms with Crippen LogP contribution in [0, 0.1) is 5.92 Å². The molecule has 0 aliphatic carbocycles. The van der Waals surface area contributed by atoms with Gasteiger partial charge in [-0.3, -0.25) is 9.10 Å². The molecule has 0 bridgehead atoms. The van der Waals surface area contributed by atoms with Gasteiger partial charge < -0.3 is 9.84 Å². The number of anilines is 1. The minimum Gasteiger partial charge on any atom is -0.481 e. The van der Waals surface area contributed by atoms with E-state index in [2.05, 4.69) is 0 Å². The lowest BCUT2D eigenvalue weighted by atomic mass is 9.94. The van der Waals surface area contributed by atoms with Gasteiger partial charge in [-0.05, 0) is 24.5 Å². The number of fused-ring (bicyclic) bond motifs is 1. The highest BCUT2D eigenvalue weighted by atomic mass is 32.2. The molecule has 1 aromatic carbocycles. The van der Waals surface area contributed by atoms with Crippen LogP contribution in [0.2, 0.25) is 0 Å². The van der Waals surface area contributed by atoms with Gasteiger partial charge in [0.25, 0.3) is 0 Å². The highest BCUT2D eigenvalue weighted by Crippen LogP contribution is 2.32. The Morgan fingerprint density at radius 2 is 2.14 bits per heavy atom. The van der Waals surface area contributed by atoms with E-state index in [0.717, 1.165) is 5.56 Å². The molecule has 116 valence electrons. The first-order valence-electron chi connectivity index (χ1n) is 6.76. The van der Waals surface area contributed by atoms with E-state index in [-0.39, 0.29) is 12.3 Å². The fourth-order valence-corrected chi connectivity index (χ4v) is 4.07. The van der Waals surface area contributed by atoms with Crippen molar-refractivity contribution in [3.63, 3.8) is 0 Å². The summed E-state index contributed by atoms with van der Waals surface area (Å²) in [4.78, 5) is 11.3. The van der Waals surface area contributed by atoms with Crippen molar-refractivity contribution in [1.82, 2.24) is 0 Å². The van der Waals surface area contributed by atoms with Gasteiger partial charge in [0.15, 0.2) is 0 Å². The average Bonchev–Trinajstić information content (AvgIpc) is 2.46. The van der Waals surface area contributed by atoms with Crippen LogP contribution < -0.4 is 4.31 Å². The molecule has 1 heterocycles. The van der Waals surface area contributed by atoms with Gasteiger partial charge in [0.2, 0.25) is 10.0 Å². The number of methoxy groups -OCH3 is 1. The molecular weight excluding hydrogens is 294 g/mol. The highest BCUT2D eigenvalue weighted by Gasteiger charge is 2.34. The van der Waals surface area contributed by atoms with Crippen molar-refractivity contribution in [2.45, 2.75) is 12.8 Å². The van der Waals surface area contributed by atoms with E-state index < -0.39 is 21.9 Å². The predicted molar refractivity (Wildman–Crippen MR) is 78.9 cm³/mol. The quantitative estimate of drug-likeness (QED) is 0.796. The number of sulfonamides is 1. The van der Waals surface area contributed by atoms with Gasteiger partial charge in [-0.15, -0.1) is 0 Å². The van der Waals surface area contributed by atoms with Gasteiger partial charge in [0, 0.05) is 20.3 Å². The summed E-state index contributed by atoms with van der Waals surface area (Å²) >= 11 is 0. The summed E-state index contributed by atoms with van der Waals surface area (Å²) in [7, 11) is -2.03. The minimum atomic E-state index is -3.55. The maximum Gasteiger partial charge on any atom is 0.308 e. The van der Waals surface area contributed by atoms with E-state index in [1.54, 1.807) is 24.3 Å². The molecule has 21 heavy (non-hydrogen) atoms. The Hall–Kier alpha value is -1.60. The van der Waals surface area contributed by atoms with Gasteiger partial charge in [-0.25, -0.2) is 8.42 Å². The molecule has 0 spiro atoms. The second-order valence-electron chi connectivity index (χ2n) is 5.06. The lowest BCUT2D eigenvalue weighted by molar-refractivity contribution is -0.141. The summed E-state index contributed by atoms with van der Waals surface area (Å²) in [6, 6.07) is 7.06. The summed E-state index contributed by atoms with van der Waals surface area (Å²) in [6.45, 7) is 0.346. The number of carbonyl (C=O) groups is 1. The maximum atomic E-state index is 12.5. The molecule has 0 saturated heterocycles. The van der Waals surface area contributed by atoms with E-state index in [1.165, 1.54) is 11.4 Å². The summed E-state index contributed by atoms with van der Waals surface area (Å²) in [5, 5.41) is 9.22. The van der Waals surface area contributed by atoms with E-state index in [9.17, 15) is 18.3 Å². The number of hydrogen-bond acceptors (Lipinski definition) is 4. The second-order valence-corrected chi connectivity index (χ2v) is 7.07. The van der Waals surface area contributed by atoms with Gasteiger partial charge in [0.05, 0.1) is 17.4 Å². The number of benzene rings is 1. The fourth-order valence-electron chi connectivity index (χ4n) is 2.48. The first kappa shape index (κ1) is 15.8. The van der Waals surface area contributed by atoms with Crippen molar-refractivity contribution in [1.29, 1.82) is 0 Å². The van der Waals surface area contributed by atoms with Crippen LogP contribution in [0.4, 0.5) is 5.69 Å². The standard InChI is InChI=1S/C14H19NO5S/c1-20-7-4-8-21(18,19)15-10-12(14(16)17)9-11-5-2-3-6-13(11)15/h2-3,5-6,12H,4,7-10H2,1H3,(H,16,17). The second kappa shape index (κ2) is 6.44. The molecule has 0 radical (unpaired) electrons. The SMILES string of the molecule is COCCCS(=O)(=O)N1CC(C(=O)O)Cc2ccccc21. The van der Waals surface area contributed by atoms with Gasteiger partial charge in [0.1, 0.15) is 0 Å². The summed E-state index contributed by atoms with van der Waals surface area (Å²) in [6.07, 6.45) is 0.741. The molecule has 1 N–H and O–H groups in total. The van der Waals surface area contributed by atoms with Crippen molar-refractivity contribution < 1.29 is 23.1 Å². The first-order chi connectivity index (χ1) is 9.95. The lowest BCUT2D eigenvalue weighted by Gasteiger charge is -2.33. The largest absolute Gasteiger partial charge is 0.481 e. The Bertz CT molecular complexity index is 614. The van der Waals surface area contributed by atoms with E-state index in [1.807, 2.05) is 0 Å². The summed E-state index contributed by atoms with van der Waals surface area (Å²) < 4.78 is 31.1. The number of hydrogen-bond donors (Lipinski definition) is 1. The number of rotatable bonds is 6. The predicted octanol–water partition coefficient (Wildman–Crippen LogP) is 1.12. The van der Waals surface area contributed by atoms with Crippen LogP contribution in [-0.4, -0.2) is 45.5 Å². The lowest BCUT2D eigenvalue weighted by Crippen LogP contribution is -2.43. The van der Waals surface area contributed by atoms with Crippen molar-refractivity contribution in [3.8, 4) is 0 Å². The van der Waals surface area contributed by atoms with Crippen molar-refractivity contribution in [2.24, 2.45) is 5.92 Å². The summed E-state index contributed by atoms with van der Waals surface area (Å²) in [5.41, 5.74) is 1.35. The molecule has 1 aromatic rings. The van der Waals surface area contributed by atoms with Crippen LogP contribution in [0.3, 0.4) is 0 Å². The molecule has 0 aromatic heterocycles. The number of aliphatic carboxylic acids is 1. The Kier molecular flexibility index (Phi) is 4.84. The Morgan fingerprint density at radius 1 is 1.43 bits per heavy atom. The monoisotopic (exact) mass is 313 g/mol. The Balaban J connectivity index is 2.30.